The molecule has 28 heavy (non-hydrogen) atoms. The van der Waals surface area contributed by atoms with E-state index in [2.05, 4.69) is 30.9 Å². The summed E-state index contributed by atoms with van der Waals surface area (Å²) in [6, 6.07) is 1.85. The van der Waals surface area contributed by atoms with Crippen LogP contribution in [0.1, 0.15) is 50.4 Å². The lowest BCUT2D eigenvalue weighted by Gasteiger charge is -2.33. The molecule has 2 aromatic heterocycles. The van der Waals surface area contributed by atoms with Gasteiger partial charge in [0.1, 0.15) is 0 Å². The highest BCUT2D eigenvalue weighted by Gasteiger charge is 2.26. The molecule has 152 valence electrons. The van der Waals surface area contributed by atoms with Crippen molar-refractivity contribution in [1.82, 2.24) is 19.7 Å². The summed E-state index contributed by atoms with van der Waals surface area (Å²) in [4.78, 5) is 33.7. The van der Waals surface area contributed by atoms with Crippen molar-refractivity contribution >= 4 is 22.9 Å². The first-order valence-corrected chi connectivity index (χ1v) is 10.8. The predicted octanol–water partition coefficient (Wildman–Crippen LogP) is 2.51. The minimum Gasteiger partial charge on any atom is -0.371 e. The lowest BCUT2D eigenvalue weighted by atomic mass is 10.1. The fourth-order valence-electron chi connectivity index (χ4n) is 3.41. The van der Waals surface area contributed by atoms with E-state index in [1.807, 2.05) is 22.2 Å². The van der Waals surface area contributed by atoms with Gasteiger partial charge in [0.2, 0.25) is 5.91 Å². The fraction of sp³-hybridized carbons (Fsp3) is 0.600. The predicted molar refractivity (Wildman–Crippen MR) is 112 cm³/mol. The first kappa shape index (κ1) is 20.5. The summed E-state index contributed by atoms with van der Waals surface area (Å²) in [7, 11) is 1.95. The molecule has 2 aromatic rings. The quantitative estimate of drug-likeness (QED) is 0.741. The Balaban J connectivity index is 1.69. The number of rotatable bonds is 6. The minimum atomic E-state index is -0.114. The number of hydrogen-bond acceptors (Lipinski definition) is 6. The summed E-state index contributed by atoms with van der Waals surface area (Å²) in [5.41, 5.74) is 1.54. The standard InChI is InChI=1S/C20H29N5O2S/c1-5-18-22-15(13-28-18)9-19(26)24-8-6-7-16(12-24)25-20(27)10-17(11-21-25)23(4)14(2)3/h10-11,13-14,16H,5-9,12H2,1-4H3/t16-/m0/s1. The van der Waals surface area contributed by atoms with Crippen LogP contribution in [0.25, 0.3) is 0 Å². The molecule has 0 N–H and O–H groups in total. The smallest absolute Gasteiger partial charge is 0.269 e. The van der Waals surface area contributed by atoms with Crippen molar-refractivity contribution in [3.63, 3.8) is 0 Å². The summed E-state index contributed by atoms with van der Waals surface area (Å²) < 4.78 is 1.54. The normalized spacial score (nSPS) is 17.2. The van der Waals surface area contributed by atoms with E-state index in [1.54, 1.807) is 23.6 Å². The summed E-state index contributed by atoms with van der Waals surface area (Å²) in [5.74, 6) is 0.0712. The van der Waals surface area contributed by atoms with Gasteiger partial charge < -0.3 is 9.80 Å². The Morgan fingerprint density at radius 1 is 1.43 bits per heavy atom. The Hall–Kier alpha value is -2.22. The summed E-state index contributed by atoms with van der Waals surface area (Å²) in [6.45, 7) is 7.46. The molecule has 0 aromatic carbocycles. The van der Waals surface area contributed by atoms with Crippen molar-refractivity contribution in [2.75, 3.05) is 25.0 Å². The molecule has 0 unspecified atom stereocenters. The number of aromatic nitrogens is 3. The lowest BCUT2D eigenvalue weighted by molar-refractivity contribution is -0.132. The first-order chi connectivity index (χ1) is 13.4. The van der Waals surface area contributed by atoms with Gasteiger partial charge in [-0.25, -0.2) is 9.67 Å². The molecule has 0 bridgehead atoms. The number of carbonyl (C=O) groups excluding carboxylic acids is 1. The van der Waals surface area contributed by atoms with Crippen molar-refractivity contribution in [1.29, 1.82) is 0 Å². The molecule has 1 amide bonds. The molecule has 3 rings (SSSR count). The Morgan fingerprint density at radius 2 is 2.21 bits per heavy atom. The van der Waals surface area contributed by atoms with E-state index >= 15 is 0 Å². The van der Waals surface area contributed by atoms with Crippen LogP contribution in [0.3, 0.4) is 0 Å². The second kappa shape index (κ2) is 8.86. The van der Waals surface area contributed by atoms with E-state index < -0.39 is 0 Å². The van der Waals surface area contributed by atoms with Gasteiger partial charge in [0.25, 0.3) is 5.56 Å². The molecular formula is C20H29N5O2S. The third-order valence-corrected chi connectivity index (χ3v) is 6.36. The van der Waals surface area contributed by atoms with Crippen LogP contribution in [-0.4, -0.2) is 51.8 Å². The number of amides is 1. The maximum absolute atomic E-state index is 12.7. The molecule has 0 saturated carbocycles. The SMILES string of the molecule is CCc1nc(CC(=O)N2CCC[C@H](n3ncc(N(C)C(C)C)cc3=O)C2)cs1. The monoisotopic (exact) mass is 403 g/mol. The van der Waals surface area contributed by atoms with Gasteiger partial charge in [-0.2, -0.15) is 5.10 Å². The van der Waals surface area contributed by atoms with E-state index in [4.69, 9.17) is 0 Å². The van der Waals surface area contributed by atoms with Crippen molar-refractivity contribution in [2.24, 2.45) is 0 Å². The Morgan fingerprint density at radius 3 is 2.86 bits per heavy atom. The Bertz CT molecular complexity index is 875. The van der Waals surface area contributed by atoms with Crippen LogP contribution < -0.4 is 10.5 Å². The second-order valence-electron chi connectivity index (χ2n) is 7.60. The van der Waals surface area contributed by atoms with E-state index in [1.165, 1.54) is 4.68 Å². The molecule has 7 nitrogen and oxygen atoms in total. The Labute approximate surface area is 170 Å². The van der Waals surface area contributed by atoms with Gasteiger partial charge >= 0.3 is 0 Å². The topological polar surface area (TPSA) is 71.3 Å². The van der Waals surface area contributed by atoms with E-state index in [0.29, 0.717) is 19.0 Å². The number of nitrogens with zero attached hydrogens (tertiary/aromatic N) is 5. The number of carbonyl (C=O) groups is 1. The zero-order chi connectivity index (χ0) is 20.3. The van der Waals surface area contributed by atoms with Crippen LogP contribution >= 0.6 is 11.3 Å². The highest BCUT2D eigenvalue weighted by molar-refractivity contribution is 7.09. The number of likely N-dealkylation sites (tertiary alicyclic amines) is 1. The first-order valence-electron chi connectivity index (χ1n) is 9.91. The molecule has 0 aliphatic carbocycles. The molecule has 3 heterocycles. The molecule has 1 aliphatic rings. The maximum atomic E-state index is 12.7. The molecule has 0 radical (unpaired) electrons. The van der Waals surface area contributed by atoms with Gasteiger partial charge in [0.15, 0.2) is 0 Å². The van der Waals surface area contributed by atoms with Crippen LogP contribution in [0.2, 0.25) is 0 Å². The van der Waals surface area contributed by atoms with Gasteiger partial charge in [-0.15, -0.1) is 11.3 Å². The molecule has 0 spiro atoms. The van der Waals surface area contributed by atoms with Gasteiger partial charge in [0, 0.05) is 37.6 Å². The maximum Gasteiger partial charge on any atom is 0.269 e. The molecule has 8 heteroatoms. The Kier molecular flexibility index (Phi) is 6.49. The summed E-state index contributed by atoms with van der Waals surface area (Å²) in [6.07, 6.45) is 4.68. The number of aryl methyl sites for hydroxylation is 1. The van der Waals surface area contributed by atoms with Gasteiger partial charge in [-0.3, -0.25) is 9.59 Å². The molecule has 1 saturated heterocycles. The highest BCUT2D eigenvalue weighted by atomic mass is 32.1. The van der Waals surface area contributed by atoms with Crippen LogP contribution in [0.4, 0.5) is 5.69 Å². The van der Waals surface area contributed by atoms with Gasteiger partial charge in [-0.05, 0) is 33.1 Å². The van der Waals surface area contributed by atoms with Crippen LogP contribution in [0.15, 0.2) is 22.4 Å². The van der Waals surface area contributed by atoms with Crippen molar-refractivity contribution < 1.29 is 4.79 Å². The zero-order valence-electron chi connectivity index (χ0n) is 17.1. The third-order valence-electron chi connectivity index (χ3n) is 5.32. The average molecular weight is 404 g/mol. The number of anilines is 1. The number of thiazole rings is 1. The van der Waals surface area contributed by atoms with Crippen molar-refractivity contribution in [3.05, 3.63) is 38.7 Å². The van der Waals surface area contributed by atoms with Crippen LogP contribution in [0, 0.1) is 0 Å². The second-order valence-corrected chi connectivity index (χ2v) is 8.54. The molecular weight excluding hydrogens is 374 g/mol. The molecule has 1 atom stereocenters. The van der Waals surface area contributed by atoms with E-state index in [9.17, 15) is 9.59 Å². The summed E-state index contributed by atoms with van der Waals surface area (Å²) in [5, 5.41) is 7.43. The minimum absolute atomic E-state index is 0.0712. The number of hydrogen-bond donors (Lipinski definition) is 0. The fourth-order valence-corrected chi connectivity index (χ4v) is 4.16. The average Bonchev–Trinajstić information content (AvgIpc) is 3.14. The van der Waals surface area contributed by atoms with Crippen molar-refractivity contribution in [2.45, 2.75) is 58.5 Å². The summed E-state index contributed by atoms with van der Waals surface area (Å²) >= 11 is 1.60. The van der Waals surface area contributed by atoms with E-state index in [-0.39, 0.29) is 17.5 Å². The largest absolute Gasteiger partial charge is 0.371 e. The van der Waals surface area contributed by atoms with Crippen LogP contribution in [0.5, 0.6) is 0 Å². The third kappa shape index (κ3) is 4.60. The highest BCUT2D eigenvalue weighted by Crippen LogP contribution is 2.21. The van der Waals surface area contributed by atoms with E-state index in [0.717, 1.165) is 42.2 Å². The van der Waals surface area contributed by atoms with Crippen molar-refractivity contribution in [3.8, 4) is 0 Å². The van der Waals surface area contributed by atoms with Gasteiger partial charge in [0.05, 0.1) is 35.0 Å². The number of piperidine rings is 1. The molecule has 1 fully saturated rings. The zero-order valence-corrected chi connectivity index (χ0v) is 17.9. The van der Waals surface area contributed by atoms with Crippen LogP contribution in [-0.2, 0) is 17.6 Å². The molecule has 1 aliphatic heterocycles. The van der Waals surface area contributed by atoms with Gasteiger partial charge in [-0.1, -0.05) is 6.92 Å². The lowest BCUT2D eigenvalue weighted by Crippen LogP contribution is -2.44.